The van der Waals surface area contributed by atoms with Crippen LogP contribution < -0.4 is 15.0 Å². The number of para-hydroxylation sites is 2. The van der Waals surface area contributed by atoms with Crippen LogP contribution in [0.4, 0.5) is 5.69 Å². The number of nitrogens with zero attached hydrogens (tertiary/aromatic N) is 2. The van der Waals surface area contributed by atoms with Crippen molar-refractivity contribution in [3.8, 4) is 5.75 Å². The van der Waals surface area contributed by atoms with Gasteiger partial charge in [0.05, 0.1) is 18.7 Å². The van der Waals surface area contributed by atoms with Gasteiger partial charge in [-0.15, -0.1) is 0 Å². The Balaban J connectivity index is 1.59. The van der Waals surface area contributed by atoms with Gasteiger partial charge in [0.1, 0.15) is 12.3 Å². The molecule has 0 saturated carbocycles. The molecule has 0 fully saturated rings. The van der Waals surface area contributed by atoms with E-state index >= 15 is 0 Å². The van der Waals surface area contributed by atoms with Crippen molar-refractivity contribution in [3.05, 3.63) is 54.4 Å². The number of nitrogens with one attached hydrogen (secondary N) is 1. The molecule has 0 saturated heterocycles. The van der Waals surface area contributed by atoms with Crippen LogP contribution in [0.25, 0.3) is 0 Å². The van der Waals surface area contributed by atoms with Crippen molar-refractivity contribution in [3.63, 3.8) is 0 Å². The molecule has 1 aromatic heterocycles. The molecule has 1 aliphatic rings. The highest BCUT2D eigenvalue weighted by Gasteiger charge is 2.24. The van der Waals surface area contributed by atoms with E-state index in [4.69, 9.17) is 4.74 Å². The fraction of sp³-hybridized carbons (Fsp3) is 0.278. The fourth-order valence-electron chi connectivity index (χ4n) is 2.58. The summed E-state index contributed by atoms with van der Waals surface area (Å²) in [5.41, 5.74) is 1.70. The molecule has 6 heteroatoms. The van der Waals surface area contributed by atoms with Crippen LogP contribution in [0.3, 0.4) is 0 Å². The van der Waals surface area contributed by atoms with Gasteiger partial charge in [0.15, 0.2) is 0 Å². The number of ether oxygens (including phenoxy) is 1. The van der Waals surface area contributed by atoms with E-state index in [1.807, 2.05) is 24.3 Å². The van der Waals surface area contributed by atoms with E-state index in [0.29, 0.717) is 31.0 Å². The van der Waals surface area contributed by atoms with Crippen molar-refractivity contribution in [2.45, 2.75) is 12.8 Å². The molecule has 0 spiro atoms. The first-order valence-electron chi connectivity index (χ1n) is 7.92. The Labute approximate surface area is 140 Å². The third-order valence-electron chi connectivity index (χ3n) is 3.79. The van der Waals surface area contributed by atoms with Crippen LogP contribution in [0.2, 0.25) is 0 Å². The zero-order chi connectivity index (χ0) is 16.8. The number of carbonyl (C=O) groups excluding carboxylic acids is 2. The molecular weight excluding hydrogens is 306 g/mol. The lowest BCUT2D eigenvalue weighted by Crippen LogP contribution is -2.41. The standard InChI is InChI=1S/C18H19N3O3/c22-17(20-10-7-14-4-3-9-19-12-14)13-21-15-5-1-2-6-16(15)24-11-8-18(21)23/h1-6,9,12H,7-8,10-11,13H2,(H,20,22). The van der Waals surface area contributed by atoms with Gasteiger partial charge in [0, 0.05) is 18.9 Å². The zero-order valence-corrected chi connectivity index (χ0v) is 13.3. The first kappa shape index (κ1) is 16.0. The van der Waals surface area contributed by atoms with Gasteiger partial charge in [-0.05, 0) is 30.2 Å². The van der Waals surface area contributed by atoms with E-state index in [1.54, 1.807) is 24.5 Å². The molecule has 2 amide bonds. The first-order valence-corrected chi connectivity index (χ1v) is 7.92. The van der Waals surface area contributed by atoms with Crippen molar-refractivity contribution in [1.29, 1.82) is 0 Å². The molecular formula is C18H19N3O3. The van der Waals surface area contributed by atoms with Crippen molar-refractivity contribution >= 4 is 17.5 Å². The first-order chi connectivity index (χ1) is 11.7. The predicted octanol–water partition coefficient (Wildman–Crippen LogP) is 1.56. The third-order valence-corrected chi connectivity index (χ3v) is 3.79. The van der Waals surface area contributed by atoms with Crippen molar-refractivity contribution in [2.24, 2.45) is 0 Å². The van der Waals surface area contributed by atoms with Crippen LogP contribution in [0.5, 0.6) is 5.75 Å². The summed E-state index contributed by atoms with van der Waals surface area (Å²) in [5.74, 6) is 0.331. The molecule has 2 heterocycles. The number of aromatic nitrogens is 1. The van der Waals surface area contributed by atoms with Gasteiger partial charge in [0.25, 0.3) is 0 Å². The SMILES string of the molecule is O=C(CN1C(=O)CCOc2ccccc21)NCCc1cccnc1. The number of fused-ring (bicyclic) bond motifs is 1. The number of anilines is 1. The lowest BCUT2D eigenvalue weighted by Gasteiger charge is -2.21. The molecule has 6 nitrogen and oxygen atoms in total. The van der Waals surface area contributed by atoms with Gasteiger partial charge in [0.2, 0.25) is 11.8 Å². The summed E-state index contributed by atoms with van der Waals surface area (Å²) >= 11 is 0. The number of hydrogen-bond donors (Lipinski definition) is 1. The van der Waals surface area contributed by atoms with Crippen LogP contribution in [-0.4, -0.2) is 36.5 Å². The highest BCUT2D eigenvalue weighted by Crippen LogP contribution is 2.30. The number of amides is 2. The fourth-order valence-corrected chi connectivity index (χ4v) is 2.58. The molecule has 0 atom stereocenters. The number of hydrogen-bond acceptors (Lipinski definition) is 4. The summed E-state index contributed by atoms with van der Waals surface area (Å²) in [7, 11) is 0. The summed E-state index contributed by atoms with van der Waals surface area (Å²) in [6.45, 7) is 0.825. The van der Waals surface area contributed by atoms with Crippen LogP contribution in [-0.2, 0) is 16.0 Å². The molecule has 0 radical (unpaired) electrons. The number of carbonyl (C=O) groups is 2. The summed E-state index contributed by atoms with van der Waals surface area (Å²) in [5, 5.41) is 2.85. The Morgan fingerprint density at radius 3 is 2.96 bits per heavy atom. The van der Waals surface area contributed by atoms with Crippen LogP contribution in [0.1, 0.15) is 12.0 Å². The second kappa shape index (κ2) is 7.59. The summed E-state index contributed by atoms with van der Waals surface area (Å²) < 4.78 is 5.57. The van der Waals surface area contributed by atoms with E-state index in [0.717, 1.165) is 5.56 Å². The highest BCUT2D eigenvalue weighted by atomic mass is 16.5. The number of benzene rings is 1. The van der Waals surface area contributed by atoms with Gasteiger partial charge < -0.3 is 10.1 Å². The minimum Gasteiger partial charge on any atom is -0.491 e. The summed E-state index contributed by atoms with van der Waals surface area (Å²) in [6, 6.07) is 11.1. The van der Waals surface area contributed by atoms with Crippen LogP contribution >= 0.6 is 0 Å². The zero-order valence-electron chi connectivity index (χ0n) is 13.3. The number of rotatable bonds is 5. The maximum atomic E-state index is 12.3. The third kappa shape index (κ3) is 3.90. The monoisotopic (exact) mass is 325 g/mol. The maximum Gasteiger partial charge on any atom is 0.240 e. The molecule has 0 unspecified atom stereocenters. The molecule has 3 rings (SSSR count). The van der Waals surface area contributed by atoms with Gasteiger partial charge in [-0.2, -0.15) is 0 Å². The predicted molar refractivity (Wildman–Crippen MR) is 89.9 cm³/mol. The molecule has 24 heavy (non-hydrogen) atoms. The summed E-state index contributed by atoms with van der Waals surface area (Å²) in [6.07, 6.45) is 4.45. The summed E-state index contributed by atoms with van der Waals surface area (Å²) in [4.78, 5) is 30.0. The average molecular weight is 325 g/mol. The van der Waals surface area contributed by atoms with Gasteiger partial charge in [-0.1, -0.05) is 18.2 Å². The minimum absolute atomic E-state index is 0.00769. The number of pyridine rings is 1. The van der Waals surface area contributed by atoms with Crippen LogP contribution in [0, 0.1) is 0 Å². The Kier molecular flexibility index (Phi) is 5.05. The smallest absolute Gasteiger partial charge is 0.240 e. The second-order valence-electron chi connectivity index (χ2n) is 5.51. The van der Waals surface area contributed by atoms with E-state index in [9.17, 15) is 9.59 Å². The Hall–Kier alpha value is -2.89. The van der Waals surface area contributed by atoms with E-state index in [2.05, 4.69) is 10.3 Å². The van der Waals surface area contributed by atoms with E-state index in [1.165, 1.54) is 4.90 Å². The maximum absolute atomic E-state index is 12.3. The van der Waals surface area contributed by atoms with Gasteiger partial charge >= 0.3 is 0 Å². The molecule has 1 aromatic carbocycles. The van der Waals surface area contributed by atoms with E-state index < -0.39 is 0 Å². The van der Waals surface area contributed by atoms with Crippen LogP contribution in [0.15, 0.2) is 48.8 Å². The molecule has 0 aliphatic carbocycles. The van der Waals surface area contributed by atoms with E-state index in [-0.39, 0.29) is 24.8 Å². The molecule has 0 bridgehead atoms. The molecule has 124 valence electrons. The van der Waals surface area contributed by atoms with Gasteiger partial charge in [-0.25, -0.2) is 0 Å². The van der Waals surface area contributed by atoms with Crippen molar-refractivity contribution in [1.82, 2.24) is 10.3 Å². The molecule has 1 aliphatic heterocycles. The largest absolute Gasteiger partial charge is 0.491 e. The Morgan fingerprint density at radius 1 is 1.25 bits per heavy atom. The lowest BCUT2D eigenvalue weighted by molar-refractivity contribution is -0.123. The average Bonchev–Trinajstić information content (AvgIpc) is 2.75. The highest BCUT2D eigenvalue weighted by molar-refractivity contribution is 6.00. The topological polar surface area (TPSA) is 71.5 Å². The van der Waals surface area contributed by atoms with Crippen molar-refractivity contribution in [2.75, 3.05) is 24.6 Å². The second-order valence-corrected chi connectivity index (χ2v) is 5.51. The van der Waals surface area contributed by atoms with Gasteiger partial charge in [-0.3, -0.25) is 19.5 Å². The quantitative estimate of drug-likeness (QED) is 0.905. The Bertz CT molecular complexity index is 718. The molecule has 1 N–H and O–H groups in total. The molecule has 2 aromatic rings. The van der Waals surface area contributed by atoms with Crippen molar-refractivity contribution < 1.29 is 14.3 Å². The normalized spacial score (nSPS) is 13.7. The Morgan fingerprint density at radius 2 is 2.12 bits per heavy atom. The lowest BCUT2D eigenvalue weighted by atomic mass is 10.2. The minimum atomic E-state index is -0.191.